The second-order valence-electron chi connectivity index (χ2n) is 16.1. The van der Waals surface area contributed by atoms with Crippen molar-refractivity contribution in [3.63, 3.8) is 0 Å². The van der Waals surface area contributed by atoms with Crippen molar-refractivity contribution in [1.29, 1.82) is 0 Å². The standard InChI is InChI=1S/C60H38N2S/c1-3-17-41(18-4-1)55-38-56(62-60(61-55)44-19-5-2-6-20-44)42-29-31-43(32-30-42)58-50-27-12-8-16-40(50)33-34-51(58)45-23-13-24-46(35-45)53-36-47-21-9-11-26-49(47)54-37-57(63-59(53)54)52-28-14-22-39-15-7-10-25-48(39)52/h1-38H. The number of fused-ring (bicyclic) bond motifs is 5. The predicted molar refractivity (Wildman–Crippen MR) is 268 cm³/mol. The molecule has 2 aromatic heterocycles. The molecular formula is C60H38N2S. The summed E-state index contributed by atoms with van der Waals surface area (Å²) in [5.74, 6) is 0.711. The van der Waals surface area contributed by atoms with Crippen LogP contribution in [0.3, 0.4) is 0 Å². The Kier molecular flexibility index (Phi) is 9.06. The number of hydrogen-bond acceptors (Lipinski definition) is 3. The smallest absolute Gasteiger partial charge is 0.160 e. The summed E-state index contributed by atoms with van der Waals surface area (Å²) >= 11 is 1.89. The first-order chi connectivity index (χ1) is 31.2. The van der Waals surface area contributed by atoms with Crippen molar-refractivity contribution in [3.05, 3.63) is 231 Å². The molecule has 12 aromatic rings. The molecule has 63 heavy (non-hydrogen) atoms. The van der Waals surface area contributed by atoms with Crippen LogP contribution in [0.1, 0.15) is 0 Å². The lowest BCUT2D eigenvalue weighted by Gasteiger charge is -2.16. The van der Waals surface area contributed by atoms with E-state index in [1.165, 1.54) is 80.7 Å². The minimum absolute atomic E-state index is 0.711. The summed E-state index contributed by atoms with van der Waals surface area (Å²) in [7, 11) is 0. The molecule has 2 heterocycles. The van der Waals surface area contributed by atoms with Crippen molar-refractivity contribution in [3.8, 4) is 77.7 Å². The van der Waals surface area contributed by atoms with Crippen LogP contribution in [0.5, 0.6) is 0 Å². The van der Waals surface area contributed by atoms with Gasteiger partial charge in [0, 0.05) is 37.2 Å². The van der Waals surface area contributed by atoms with Gasteiger partial charge in [-0.2, -0.15) is 0 Å². The van der Waals surface area contributed by atoms with Crippen LogP contribution in [-0.4, -0.2) is 9.97 Å². The number of thiophene rings is 1. The highest BCUT2D eigenvalue weighted by atomic mass is 32.1. The van der Waals surface area contributed by atoms with E-state index in [1.807, 2.05) is 35.6 Å². The quantitative estimate of drug-likeness (QED) is 0.160. The number of aromatic nitrogens is 2. The van der Waals surface area contributed by atoms with E-state index in [0.717, 1.165) is 33.6 Å². The monoisotopic (exact) mass is 818 g/mol. The molecule has 0 saturated carbocycles. The van der Waals surface area contributed by atoms with Gasteiger partial charge in [0.15, 0.2) is 5.82 Å². The van der Waals surface area contributed by atoms with Gasteiger partial charge < -0.3 is 0 Å². The zero-order chi connectivity index (χ0) is 41.7. The Bertz CT molecular complexity index is 3600. The molecule has 12 rings (SSSR count). The third-order valence-corrected chi connectivity index (χ3v) is 13.5. The maximum Gasteiger partial charge on any atom is 0.160 e. The minimum atomic E-state index is 0.711. The summed E-state index contributed by atoms with van der Waals surface area (Å²) in [5.41, 5.74) is 13.4. The highest BCUT2D eigenvalue weighted by molar-refractivity contribution is 7.23. The Morgan fingerprint density at radius 1 is 0.286 bits per heavy atom. The molecule has 0 aliphatic carbocycles. The highest BCUT2D eigenvalue weighted by Gasteiger charge is 2.18. The second kappa shape index (κ2) is 15.5. The number of nitrogens with zero attached hydrogens (tertiary/aromatic N) is 2. The van der Waals surface area contributed by atoms with Gasteiger partial charge in [0.05, 0.1) is 11.4 Å². The van der Waals surface area contributed by atoms with Gasteiger partial charge in [-0.05, 0) is 90.0 Å². The zero-order valence-corrected chi connectivity index (χ0v) is 35.1. The van der Waals surface area contributed by atoms with Crippen LogP contribution in [0.15, 0.2) is 231 Å². The van der Waals surface area contributed by atoms with E-state index in [4.69, 9.17) is 9.97 Å². The molecule has 0 saturated heterocycles. The Morgan fingerprint density at radius 2 is 0.825 bits per heavy atom. The van der Waals surface area contributed by atoms with Gasteiger partial charge in [-0.1, -0.05) is 206 Å². The number of benzene rings is 10. The van der Waals surface area contributed by atoms with E-state index >= 15 is 0 Å². The van der Waals surface area contributed by atoms with Gasteiger partial charge in [0.1, 0.15) is 0 Å². The van der Waals surface area contributed by atoms with Crippen molar-refractivity contribution >= 4 is 53.7 Å². The van der Waals surface area contributed by atoms with Crippen LogP contribution in [0.25, 0.3) is 120 Å². The Hall–Kier alpha value is -7.98. The van der Waals surface area contributed by atoms with Crippen molar-refractivity contribution < 1.29 is 0 Å². The summed E-state index contributed by atoms with van der Waals surface area (Å²) in [5, 5.41) is 8.79. The topological polar surface area (TPSA) is 25.8 Å². The van der Waals surface area contributed by atoms with Crippen LogP contribution < -0.4 is 0 Å². The predicted octanol–water partition coefficient (Wildman–Crippen LogP) is 16.8. The average molecular weight is 819 g/mol. The molecule has 0 atom stereocenters. The van der Waals surface area contributed by atoms with Crippen molar-refractivity contribution in [2.24, 2.45) is 0 Å². The summed E-state index contributed by atoms with van der Waals surface area (Å²) in [6.45, 7) is 0. The summed E-state index contributed by atoms with van der Waals surface area (Å²) in [6, 6.07) is 83.0. The molecule has 0 bridgehead atoms. The van der Waals surface area contributed by atoms with Gasteiger partial charge >= 0.3 is 0 Å². The third kappa shape index (κ3) is 6.67. The second-order valence-corrected chi connectivity index (χ2v) is 17.1. The van der Waals surface area contributed by atoms with Gasteiger partial charge in [-0.25, -0.2) is 9.97 Å². The van der Waals surface area contributed by atoms with Crippen LogP contribution >= 0.6 is 11.3 Å². The molecule has 0 amide bonds. The van der Waals surface area contributed by atoms with Crippen LogP contribution in [0, 0.1) is 0 Å². The normalized spacial score (nSPS) is 11.5. The Morgan fingerprint density at radius 3 is 1.57 bits per heavy atom. The van der Waals surface area contributed by atoms with E-state index in [9.17, 15) is 0 Å². The Labute approximate surface area is 370 Å². The molecule has 0 unspecified atom stereocenters. The average Bonchev–Trinajstić information content (AvgIpc) is 3.82. The first kappa shape index (κ1) is 36.8. The van der Waals surface area contributed by atoms with E-state index < -0.39 is 0 Å². The maximum atomic E-state index is 5.12. The third-order valence-electron chi connectivity index (χ3n) is 12.3. The maximum absolute atomic E-state index is 5.12. The highest BCUT2D eigenvalue weighted by Crippen LogP contribution is 2.46. The molecule has 2 nitrogen and oxygen atoms in total. The van der Waals surface area contributed by atoms with E-state index in [1.54, 1.807) is 0 Å². The number of hydrogen-bond donors (Lipinski definition) is 0. The number of rotatable bonds is 7. The minimum Gasteiger partial charge on any atom is -0.228 e. The fraction of sp³-hybridized carbons (Fsp3) is 0. The van der Waals surface area contributed by atoms with E-state index in [0.29, 0.717) is 5.82 Å². The van der Waals surface area contributed by atoms with Gasteiger partial charge in [-0.15, -0.1) is 11.3 Å². The molecule has 0 aliphatic heterocycles. The molecule has 0 N–H and O–H groups in total. The molecule has 0 fully saturated rings. The van der Waals surface area contributed by atoms with E-state index in [-0.39, 0.29) is 0 Å². The molecular weight excluding hydrogens is 781 g/mol. The van der Waals surface area contributed by atoms with Crippen LogP contribution in [-0.2, 0) is 0 Å². The van der Waals surface area contributed by atoms with Crippen molar-refractivity contribution in [2.45, 2.75) is 0 Å². The molecule has 3 heteroatoms. The van der Waals surface area contributed by atoms with Gasteiger partial charge in [0.25, 0.3) is 0 Å². The molecule has 0 radical (unpaired) electrons. The zero-order valence-electron chi connectivity index (χ0n) is 34.2. The van der Waals surface area contributed by atoms with Crippen LogP contribution in [0.4, 0.5) is 0 Å². The molecule has 10 aromatic carbocycles. The molecule has 0 aliphatic rings. The lowest BCUT2D eigenvalue weighted by molar-refractivity contribution is 1.18. The molecule has 294 valence electrons. The van der Waals surface area contributed by atoms with E-state index in [2.05, 4.69) is 206 Å². The van der Waals surface area contributed by atoms with Crippen molar-refractivity contribution in [2.75, 3.05) is 0 Å². The summed E-state index contributed by atoms with van der Waals surface area (Å²) in [6.07, 6.45) is 0. The first-order valence-corrected chi connectivity index (χ1v) is 22.2. The largest absolute Gasteiger partial charge is 0.228 e. The lowest BCUT2D eigenvalue weighted by atomic mass is 9.88. The van der Waals surface area contributed by atoms with Gasteiger partial charge in [0.2, 0.25) is 0 Å². The lowest BCUT2D eigenvalue weighted by Crippen LogP contribution is -1.96. The molecule has 0 spiro atoms. The summed E-state index contributed by atoms with van der Waals surface area (Å²) < 4.78 is 1.30. The van der Waals surface area contributed by atoms with Crippen LogP contribution in [0.2, 0.25) is 0 Å². The van der Waals surface area contributed by atoms with Crippen molar-refractivity contribution in [1.82, 2.24) is 9.97 Å². The summed E-state index contributed by atoms with van der Waals surface area (Å²) in [4.78, 5) is 11.4. The first-order valence-electron chi connectivity index (χ1n) is 21.4. The Balaban J connectivity index is 0.987. The SMILES string of the molecule is c1ccc(-c2cc(-c3ccc(-c4c(-c5cccc(-c6cc7ccccc7c7cc(-c8cccc9ccccc89)sc67)c5)ccc5ccccc45)cc3)nc(-c3ccccc3)n2)cc1. The fourth-order valence-electron chi connectivity index (χ4n) is 9.22. The fourth-order valence-corrected chi connectivity index (χ4v) is 10.5. The van der Waals surface area contributed by atoms with Gasteiger partial charge in [-0.3, -0.25) is 0 Å².